The lowest BCUT2D eigenvalue weighted by atomic mass is 9.51. The van der Waals surface area contributed by atoms with Crippen LogP contribution in [0.15, 0.2) is 64.7 Å². The Morgan fingerprint density at radius 1 is 0.984 bits per heavy atom. The summed E-state index contributed by atoms with van der Waals surface area (Å²) in [5.41, 5.74) is -1.31. The van der Waals surface area contributed by atoms with Crippen molar-refractivity contribution in [3.8, 4) is 22.1 Å². The number of hydrogen-bond acceptors (Lipinski definition) is 13. The van der Waals surface area contributed by atoms with Crippen molar-refractivity contribution >= 4 is 101 Å². The molecular weight excluding hydrogens is 922 g/mol. The number of imide groups is 2. The number of aryl methyl sites for hydroxylation is 2. The molecule has 2 saturated heterocycles. The zero-order valence-electron chi connectivity index (χ0n) is 34.4. The first-order valence-electron chi connectivity index (χ1n) is 19.7. The van der Waals surface area contributed by atoms with E-state index in [1.165, 1.54) is 42.1 Å². The van der Waals surface area contributed by atoms with E-state index in [-0.39, 0.29) is 47.1 Å². The van der Waals surface area contributed by atoms with Gasteiger partial charge in [0.2, 0.25) is 23.6 Å². The molecular formula is C43H37BrClN7O10S. The molecule has 17 nitrogen and oxygen atoms in total. The molecule has 2 aliphatic carbocycles. The van der Waals surface area contributed by atoms with Crippen LogP contribution in [0.1, 0.15) is 36.8 Å². The van der Waals surface area contributed by atoms with Crippen LogP contribution in [0.4, 0.5) is 28.6 Å². The predicted molar refractivity (Wildman–Crippen MR) is 237 cm³/mol. The number of nitro groups is 2. The lowest BCUT2D eigenvalue weighted by molar-refractivity contribution is -0.392. The number of thiophene rings is 1. The number of hydrogen-bond donors (Lipinski definition) is 1. The number of phenolic OH excluding ortho intramolecular Hbond substituents is 1. The van der Waals surface area contributed by atoms with Gasteiger partial charge in [0.05, 0.1) is 50.7 Å². The van der Waals surface area contributed by atoms with Crippen LogP contribution < -0.4 is 19.4 Å². The average Bonchev–Trinajstić information content (AvgIpc) is 3.90. The highest BCUT2D eigenvalue weighted by Gasteiger charge is 2.68. The number of carbonyl (C=O) groups is 4. The molecule has 0 spiro atoms. The highest BCUT2D eigenvalue weighted by Crippen LogP contribution is 2.65. The number of allylic oxidation sites excluding steroid dienone is 2. The lowest BCUT2D eigenvalue weighted by Crippen LogP contribution is -2.49. The molecule has 0 bridgehead atoms. The molecule has 3 aromatic carbocycles. The molecule has 324 valence electrons. The fourth-order valence-electron chi connectivity index (χ4n) is 10.5. The fraction of sp³-hybridized carbons (Fsp3) is 0.326. The monoisotopic (exact) mass is 957 g/mol. The maximum atomic E-state index is 15.3. The van der Waals surface area contributed by atoms with E-state index < -0.39 is 79.9 Å². The minimum absolute atomic E-state index is 0.00262. The number of nitro benzene ring substituents is 2. The summed E-state index contributed by atoms with van der Waals surface area (Å²) in [5, 5.41) is 42.7. The predicted octanol–water partition coefficient (Wildman–Crippen LogP) is 8.06. The van der Waals surface area contributed by atoms with Crippen LogP contribution in [0.5, 0.6) is 11.5 Å². The van der Waals surface area contributed by atoms with Crippen LogP contribution in [-0.2, 0) is 26.2 Å². The number of methoxy groups -OCH3 is 1. The third-order valence-corrected chi connectivity index (χ3v) is 15.2. The normalized spacial score (nSPS) is 24.1. The van der Waals surface area contributed by atoms with Gasteiger partial charge in [-0.1, -0.05) is 39.2 Å². The van der Waals surface area contributed by atoms with E-state index >= 15 is 9.59 Å². The van der Waals surface area contributed by atoms with Gasteiger partial charge in [0.25, 0.3) is 0 Å². The Bertz CT molecular complexity index is 2930. The molecule has 4 aliphatic rings. The smallest absolute Gasteiger partial charge is 0.301 e. The number of ether oxygens (including phenoxy) is 1. The fourth-order valence-corrected chi connectivity index (χ4v) is 12.2. The van der Waals surface area contributed by atoms with Crippen molar-refractivity contribution in [1.82, 2.24) is 9.78 Å². The Balaban J connectivity index is 1.17. The third kappa shape index (κ3) is 6.02. The Labute approximate surface area is 375 Å². The highest BCUT2D eigenvalue weighted by molar-refractivity contribution is 9.10. The number of phenols is 1. The van der Waals surface area contributed by atoms with Gasteiger partial charge in [-0.25, -0.2) is 9.80 Å². The van der Waals surface area contributed by atoms with Crippen LogP contribution in [0, 0.1) is 56.2 Å². The number of aromatic hydroxyl groups is 1. The molecule has 63 heavy (non-hydrogen) atoms. The van der Waals surface area contributed by atoms with E-state index in [0.717, 1.165) is 42.5 Å². The van der Waals surface area contributed by atoms with Gasteiger partial charge in [-0.05, 0) is 73.9 Å². The van der Waals surface area contributed by atoms with Crippen molar-refractivity contribution in [2.45, 2.75) is 32.6 Å². The Hall–Kier alpha value is -6.18. The molecule has 3 fully saturated rings. The van der Waals surface area contributed by atoms with E-state index in [0.29, 0.717) is 20.8 Å². The molecule has 4 amide bonds. The van der Waals surface area contributed by atoms with Crippen LogP contribution in [0.25, 0.3) is 20.7 Å². The molecule has 0 radical (unpaired) electrons. The second-order valence-electron chi connectivity index (χ2n) is 16.7. The Kier molecular flexibility index (Phi) is 9.83. The zero-order chi connectivity index (χ0) is 45.3. The third-order valence-electron chi connectivity index (χ3n) is 13.2. The molecule has 1 saturated carbocycles. The number of fused-ring (bicyclic) bond motifs is 5. The number of nitrogens with zero attached hydrogens (tertiary/aromatic N) is 7. The first-order chi connectivity index (χ1) is 29.8. The second kappa shape index (κ2) is 14.7. The first-order valence-corrected chi connectivity index (χ1v) is 21.7. The van der Waals surface area contributed by atoms with Crippen LogP contribution in [0.2, 0.25) is 5.02 Å². The summed E-state index contributed by atoms with van der Waals surface area (Å²) in [4.78, 5) is 86.4. The molecule has 6 atom stereocenters. The van der Waals surface area contributed by atoms with Crippen molar-refractivity contribution in [2.24, 2.45) is 36.1 Å². The van der Waals surface area contributed by atoms with Gasteiger partial charge in [0.15, 0.2) is 17.2 Å². The number of anilines is 3. The van der Waals surface area contributed by atoms with E-state index in [4.69, 9.17) is 21.4 Å². The summed E-state index contributed by atoms with van der Waals surface area (Å²) >= 11 is 11.3. The number of halogens is 2. The Morgan fingerprint density at radius 2 is 1.67 bits per heavy atom. The second-order valence-corrected chi connectivity index (χ2v) is 19.1. The summed E-state index contributed by atoms with van der Waals surface area (Å²) in [6, 6.07) is 12.4. The van der Waals surface area contributed by atoms with Crippen molar-refractivity contribution in [1.29, 1.82) is 0 Å². The highest BCUT2D eigenvalue weighted by atomic mass is 79.9. The van der Waals surface area contributed by atoms with E-state index in [9.17, 15) is 34.9 Å². The minimum Gasteiger partial charge on any atom is -0.504 e. The van der Waals surface area contributed by atoms with E-state index in [1.807, 2.05) is 19.1 Å². The van der Waals surface area contributed by atoms with E-state index in [1.54, 1.807) is 44.3 Å². The van der Waals surface area contributed by atoms with Crippen molar-refractivity contribution in [3.05, 3.63) is 101 Å². The standard InChI is InChI=1S/C43H37BrClN7O10S/c1-18-24-13-20(45)7-10-32(24)63-38(18)28-17-33(48(5)46-28)50-40(55)27-16-25-22(35(43(27,2)42(50)57)26-11-19(44)12-31(62-6)37(26)53)8-9-23-34(25)41(56)49(39(23)54)21-14-29(51(58)59)36(47(3)4)30(15-21)52(60)61/h7-8,10-15,17,23,25,27,34-35,53H,9,16H2,1-6H3. The van der Waals surface area contributed by atoms with Gasteiger partial charge < -0.3 is 14.7 Å². The summed E-state index contributed by atoms with van der Waals surface area (Å²) in [7, 11) is 5.82. The number of amides is 4. The number of aromatic nitrogens is 2. The summed E-state index contributed by atoms with van der Waals surface area (Å²) in [6.07, 6.45) is 1.72. The van der Waals surface area contributed by atoms with Gasteiger partial charge in [0, 0.05) is 65.0 Å². The number of carbonyl (C=O) groups excluding carboxylic acids is 4. The number of rotatable bonds is 8. The molecule has 5 aromatic rings. The van der Waals surface area contributed by atoms with Crippen LogP contribution in [0.3, 0.4) is 0 Å². The van der Waals surface area contributed by atoms with Gasteiger partial charge in [-0.3, -0.25) is 44.1 Å². The molecule has 1 N–H and O–H groups in total. The lowest BCUT2D eigenvalue weighted by Gasteiger charge is -2.49. The quantitative estimate of drug-likeness (QED) is 0.0677. The first kappa shape index (κ1) is 42.1. The van der Waals surface area contributed by atoms with Crippen molar-refractivity contribution in [2.75, 3.05) is 35.9 Å². The zero-order valence-corrected chi connectivity index (χ0v) is 37.6. The topological polar surface area (TPSA) is 212 Å². The SMILES string of the molecule is COc1cc(Br)cc(C2C3=CCC4C(=O)N(c5cc([N+](=O)[O-])c(N(C)C)c([N+](=O)[O-])c5)C(=O)C4C3CC3C(=O)N(c4cc(-c5sc6ccc(Cl)cc6c5C)nn4C)C(=O)C32C)c1O. The van der Waals surface area contributed by atoms with Gasteiger partial charge >= 0.3 is 11.4 Å². The maximum absolute atomic E-state index is 15.3. The average molecular weight is 959 g/mol. The largest absolute Gasteiger partial charge is 0.504 e. The summed E-state index contributed by atoms with van der Waals surface area (Å²) in [6.45, 7) is 3.62. The Morgan fingerprint density at radius 3 is 2.30 bits per heavy atom. The van der Waals surface area contributed by atoms with Crippen LogP contribution >= 0.6 is 38.9 Å². The molecule has 9 rings (SSSR count). The van der Waals surface area contributed by atoms with Gasteiger partial charge in [-0.15, -0.1) is 11.3 Å². The summed E-state index contributed by atoms with van der Waals surface area (Å²) in [5.74, 6) is -7.70. The van der Waals surface area contributed by atoms with Crippen molar-refractivity contribution < 1.29 is 38.9 Å². The minimum atomic E-state index is -1.56. The molecule has 2 aliphatic heterocycles. The van der Waals surface area contributed by atoms with Gasteiger partial charge in [-0.2, -0.15) is 5.10 Å². The van der Waals surface area contributed by atoms with Crippen LogP contribution in [-0.4, -0.2) is 69.6 Å². The molecule has 2 aromatic heterocycles. The molecule has 4 heterocycles. The molecule has 6 unspecified atom stereocenters. The van der Waals surface area contributed by atoms with E-state index in [2.05, 4.69) is 15.9 Å². The number of benzene rings is 3. The summed E-state index contributed by atoms with van der Waals surface area (Å²) < 4.78 is 8.47. The maximum Gasteiger partial charge on any atom is 0.301 e. The molecule has 20 heteroatoms. The van der Waals surface area contributed by atoms with Crippen molar-refractivity contribution in [3.63, 3.8) is 0 Å². The van der Waals surface area contributed by atoms with Gasteiger partial charge in [0.1, 0.15) is 11.5 Å².